The Morgan fingerprint density at radius 2 is 2.19 bits per heavy atom. The average Bonchev–Trinajstić information content (AvgIpc) is 3.04. The van der Waals surface area contributed by atoms with E-state index in [-0.39, 0.29) is 11.9 Å². The minimum atomic E-state index is -0.0919. The van der Waals surface area contributed by atoms with E-state index in [4.69, 9.17) is 4.74 Å². The lowest BCUT2D eigenvalue weighted by molar-refractivity contribution is 0.0881. The number of rotatable bonds is 5. The van der Waals surface area contributed by atoms with Crippen LogP contribution in [-0.4, -0.2) is 52.6 Å². The molecule has 1 fully saturated rings. The number of carbonyl (C=O) groups is 1. The van der Waals surface area contributed by atoms with Crippen molar-refractivity contribution in [1.29, 1.82) is 0 Å². The predicted octanol–water partition coefficient (Wildman–Crippen LogP) is 1.95. The molecule has 0 radical (unpaired) electrons. The van der Waals surface area contributed by atoms with E-state index in [1.165, 1.54) is 5.69 Å². The van der Waals surface area contributed by atoms with Crippen LogP contribution in [0.15, 0.2) is 24.7 Å². The van der Waals surface area contributed by atoms with E-state index in [1.807, 2.05) is 26.5 Å². The summed E-state index contributed by atoms with van der Waals surface area (Å²) in [5.41, 5.74) is 2.53. The summed E-state index contributed by atoms with van der Waals surface area (Å²) >= 11 is 0. The van der Waals surface area contributed by atoms with Crippen molar-refractivity contribution in [1.82, 2.24) is 24.8 Å². The van der Waals surface area contributed by atoms with Crippen LogP contribution in [-0.2, 0) is 7.05 Å². The second kappa shape index (κ2) is 7.86. The fraction of sp³-hybridized carbons (Fsp3) is 0.526. The quantitative estimate of drug-likeness (QED) is 0.885. The van der Waals surface area contributed by atoms with Gasteiger partial charge in [0.15, 0.2) is 0 Å². The molecule has 1 aliphatic heterocycles. The van der Waals surface area contributed by atoms with Gasteiger partial charge in [0.2, 0.25) is 5.88 Å². The zero-order chi connectivity index (χ0) is 18.7. The minimum Gasteiger partial charge on any atom is -0.481 e. The zero-order valence-electron chi connectivity index (χ0n) is 15.9. The van der Waals surface area contributed by atoms with E-state index in [2.05, 4.69) is 31.8 Å². The lowest BCUT2D eigenvalue weighted by Gasteiger charge is -2.39. The van der Waals surface area contributed by atoms with E-state index in [1.54, 1.807) is 19.2 Å². The van der Waals surface area contributed by atoms with Crippen LogP contribution >= 0.6 is 0 Å². The van der Waals surface area contributed by atoms with Gasteiger partial charge in [-0.1, -0.05) is 0 Å². The predicted molar refractivity (Wildman–Crippen MR) is 99.2 cm³/mol. The number of aryl methyl sites for hydroxylation is 2. The third-order valence-corrected chi connectivity index (χ3v) is 5.09. The Labute approximate surface area is 154 Å². The van der Waals surface area contributed by atoms with Gasteiger partial charge < -0.3 is 14.6 Å². The maximum absolute atomic E-state index is 12.6. The Hall–Kier alpha value is -2.41. The number of carbonyl (C=O) groups excluding carboxylic acids is 1. The number of ether oxygens (including phenoxy) is 1. The molecule has 3 heterocycles. The van der Waals surface area contributed by atoms with Crippen LogP contribution in [0.4, 0.5) is 0 Å². The third-order valence-electron chi connectivity index (χ3n) is 5.09. The van der Waals surface area contributed by atoms with E-state index < -0.39 is 0 Å². The summed E-state index contributed by atoms with van der Waals surface area (Å²) in [7, 11) is 5.72. The number of nitrogens with zero attached hydrogens (tertiary/aromatic N) is 4. The second-order valence-corrected chi connectivity index (χ2v) is 7.01. The minimum absolute atomic E-state index is 0.0919. The van der Waals surface area contributed by atoms with Gasteiger partial charge in [-0.25, -0.2) is 9.97 Å². The summed E-state index contributed by atoms with van der Waals surface area (Å²) in [5, 5.41) is 3.10. The molecule has 0 aromatic carbocycles. The summed E-state index contributed by atoms with van der Waals surface area (Å²) in [6.45, 7) is 3.54. The van der Waals surface area contributed by atoms with Gasteiger partial charge in [-0.2, -0.15) is 0 Å². The summed E-state index contributed by atoms with van der Waals surface area (Å²) in [4.78, 5) is 23.5. The molecule has 0 spiro atoms. The number of amides is 1. The molecule has 2 aromatic heterocycles. The van der Waals surface area contributed by atoms with Crippen LogP contribution in [0.5, 0.6) is 5.88 Å². The molecule has 0 unspecified atom stereocenters. The van der Waals surface area contributed by atoms with Crippen molar-refractivity contribution in [3.8, 4) is 5.88 Å². The Morgan fingerprint density at radius 3 is 2.88 bits per heavy atom. The van der Waals surface area contributed by atoms with Crippen LogP contribution < -0.4 is 10.1 Å². The highest BCUT2D eigenvalue weighted by atomic mass is 16.5. The molecule has 140 valence electrons. The summed E-state index contributed by atoms with van der Waals surface area (Å²) in [6.07, 6.45) is 5.98. The van der Waals surface area contributed by atoms with Gasteiger partial charge in [-0.3, -0.25) is 9.69 Å². The number of aromatic nitrogens is 3. The number of piperidine rings is 1. The van der Waals surface area contributed by atoms with Gasteiger partial charge in [-0.15, -0.1) is 0 Å². The van der Waals surface area contributed by atoms with Crippen molar-refractivity contribution in [2.24, 2.45) is 13.0 Å². The number of hydrogen-bond donors (Lipinski definition) is 1. The Kier molecular flexibility index (Phi) is 5.56. The smallest absolute Gasteiger partial charge is 0.251 e. The summed E-state index contributed by atoms with van der Waals surface area (Å²) in [6, 6.07) is 3.71. The van der Waals surface area contributed by atoms with E-state index in [0.29, 0.717) is 23.9 Å². The standard InChI is InChI=1S/C19H27N5O2/c1-13-8-15(9-17(22-13)26-4)19(25)21-10-14-6-5-7-23(2)18(14)16-11-20-12-24(16)3/h8-9,11-12,14,18H,5-7,10H2,1-4H3,(H,21,25)/t14-,18+/m0/s1. The molecule has 0 aliphatic carbocycles. The first kappa shape index (κ1) is 18.4. The second-order valence-electron chi connectivity index (χ2n) is 7.01. The molecular weight excluding hydrogens is 330 g/mol. The zero-order valence-corrected chi connectivity index (χ0v) is 15.9. The Morgan fingerprint density at radius 1 is 1.38 bits per heavy atom. The first-order valence-corrected chi connectivity index (χ1v) is 8.97. The maximum atomic E-state index is 12.6. The normalized spacial score (nSPS) is 20.8. The van der Waals surface area contributed by atoms with Gasteiger partial charge in [0.1, 0.15) is 0 Å². The molecule has 26 heavy (non-hydrogen) atoms. The van der Waals surface area contributed by atoms with Crippen LogP contribution in [0.1, 0.15) is 40.6 Å². The molecular formula is C19H27N5O2. The van der Waals surface area contributed by atoms with Crippen molar-refractivity contribution in [2.45, 2.75) is 25.8 Å². The first-order chi connectivity index (χ1) is 12.5. The van der Waals surface area contributed by atoms with Gasteiger partial charge in [0.25, 0.3) is 5.91 Å². The molecule has 1 amide bonds. The molecule has 7 nitrogen and oxygen atoms in total. The number of likely N-dealkylation sites (tertiary alicyclic amines) is 1. The summed E-state index contributed by atoms with van der Waals surface area (Å²) in [5.74, 6) is 0.712. The number of hydrogen-bond acceptors (Lipinski definition) is 5. The van der Waals surface area contributed by atoms with Crippen LogP contribution in [0.3, 0.4) is 0 Å². The van der Waals surface area contributed by atoms with Crippen molar-refractivity contribution >= 4 is 5.91 Å². The lowest BCUT2D eigenvalue weighted by atomic mass is 9.87. The highest BCUT2D eigenvalue weighted by Crippen LogP contribution is 2.34. The number of methoxy groups -OCH3 is 1. The Bertz CT molecular complexity index is 773. The fourth-order valence-corrected chi connectivity index (χ4v) is 3.79. The molecule has 3 rings (SSSR count). The topological polar surface area (TPSA) is 72.3 Å². The molecule has 0 saturated carbocycles. The molecule has 1 N–H and O–H groups in total. The highest BCUT2D eigenvalue weighted by molar-refractivity contribution is 5.94. The van der Waals surface area contributed by atoms with Crippen molar-refractivity contribution in [2.75, 3.05) is 27.2 Å². The van der Waals surface area contributed by atoms with Crippen LogP contribution in [0.2, 0.25) is 0 Å². The van der Waals surface area contributed by atoms with Crippen molar-refractivity contribution in [3.05, 3.63) is 41.6 Å². The summed E-state index contributed by atoms with van der Waals surface area (Å²) < 4.78 is 7.23. The van der Waals surface area contributed by atoms with Crippen LogP contribution in [0, 0.1) is 12.8 Å². The van der Waals surface area contributed by atoms with Gasteiger partial charge in [0, 0.05) is 37.1 Å². The number of pyridine rings is 1. The number of nitrogens with one attached hydrogen (secondary N) is 1. The van der Waals surface area contributed by atoms with Gasteiger partial charge in [0.05, 0.1) is 25.2 Å². The molecule has 0 bridgehead atoms. The Balaban J connectivity index is 1.72. The molecule has 2 aromatic rings. The van der Waals surface area contributed by atoms with Gasteiger partial charge in [-0.05, 0) is 45.3 Å². The average molecular weight is 357 g/mol. The molecule has 7 heteroatoms. The van der Waals surface area contributed by atoms with E-state index in [9.17, 15) is 4.79 Å². The molecule has 1 saturated heterocycles. The first-order valence-electron chi connectivity index (χ1n) is 8.97. The molecule has 1 aliphatic rings. The number of imidazole rings is 1. The maximum Gasteiger partial charge on any atom is 0.251 e. The molecule has 2 atom stereocenters. The van der Waals surface area contributed by atoms with Crippen molar-refractivity contribution < 1.29 is 9.53 Å². The highest BCUT2D eigenvalue weighted by Gasteiger charge is 2.32. The largest absolute Gasteiger partial charge is 0.481 e. The fourth-order valence-electron chi connectivity index (χ4n) is 3.79. The van der Waals surface area contributed by atoms with Gasteiger partial charge >= 0.3 is 0 Å². The van der Waals surface area contributed by atoms with E-state index >= 15 is 0 Å². The van der Waals surface area contributed by atoms with Crippen LogP contribution in [0.25, 0.3) is 0 Å². The van der Waals surface area contributed by atoms with Crippen molar-refractivity contribution in [3.63, 3.8) is 0 Å². The SMILES string of the molecule is COc1cc(C(=O)NC[C@@H]2CCCN(C)[C@H]2c2cncn2C)cc(C)n1. The third kappa shape index (κ3) is 3.88. The lowest BCUT2D eigenvalue weighted by Crippen LogP contribution is -2.42. The monoisotopic (exact) mass is 357 g/mol. The van der Waals surface area contributed by atoms with E-state index in [0.717, 1.165) is 25.1 Å².